The molecule has 0 saturated carbocycles. The maximum absolute atomic E-state index is 13.1. The van der Waals surface area contributed by atoms with Crippen LogP contribution in [0.3, 0.4) is 0 Å². The Hall–Kier alpha value is -3.27. The number of carbonyl (C=O) groups is 1. The summed E-state index contributed by atoms with van der Waals surface area (Å²) in [6.45, 7) is 1.37. The lowest BCUT2D eigenvalue weighted by Gasteiger charge is -2.14. The Kier molecular flexibility index (Phi) is 6.03. The second-order valence-corrected chi connectivity index (χ2v) is 7.73. The smallest absolute Gasteiger partial charge is 0.266 e. The highest BCUT2D eigenvalue weighted by Gasteiger charge is 2.33. The first-order valence-electron chi connectivity index (χ1n) is 9.56. The van der Waals surface area contributed by atoms with Gasteiger partial charge in [0.25, 0.3) is 5.91 Å². The Balaban J connectivity index is 1.73. The van der Waals surface area contributed by atoms with E-state index in [1.165, 1.54) is 11.8 Å². The van der Waals surface area contributed by atoms with Crippen LogP contribution in [0.15, 0.2) is 70.7 Å². The maximum Gasteiger partial charge on any atom is 0.266 e. The molecule has 1 saturated heterocycles. The van der Waals surface area contributed by atoms with Crippen molar-refractivity contribution in [3.63, 3.8) is 0 Å². The molecular formula is C24H21N3O2S. The number of para-hydroxylation sites is 2. The van der Waals surface area contributed by atoms with Crippen molar-refractivity contribution in [3.8, 4) is 12.3 Å². The SMILES string of the molecule is C#CCn1cc(C=C2SC(=Nc3ccccc3)N(CCOC)C2=O)c2ccccc21. The maximum atomic E-state index is 13.1. The van der Waals surface area contributed by atoms with Crippen LogP contribution in [-0.2, 0) is 16.1 Å². The highest BCUT2D eigenvalue weighted by Crippen LogP contribution is 2.35. The minimum absolute atomic E-state index is 0.0690. The molecule has 0 spiro atoms. The number of amidine groups is 1. The van der Waals surface area contributed by atoms with Crippen LogP contribution in [0.2, 0.25) is 0 Å². The number of methoxy groups -OCH3 is 1. The van der Waals surface area contributed by atoms with E-state index in [2.05, 4.69) is 10.9 Å². The Morgan fingerprint density at radius 3 is 2.70 bits per heavy atom. The summed E-state index contributed by atoms with van der Waals surface area (Å²) in [4.78, 5) is 20.1. The molecular weight excluding hydrogens is 394 g/mol. The molecule has 1 aliphatic rings. The molecule has 2 aromatic carbocycles. The molecule has 0 unspecified atom stereocenters. The van der Waals surface area contributed by atoms with Crippen LogP contribution in [-0.4, -0.2) is 40.8 Å². The van der Waals surface area contributed by atoms with E-state index < -0.39 is 0 Å². The number of ether oxygens (including phenoxy) is 1. The van der Waals surface area contributed by atoms with Crippen LogP contribution < -0.4 is 0 Å². The Morgan fingerprint density at radius 1 is 1.17 bits per heavy atom. The van der Waals surface area contributed by atoms with Crippen molar-refractivity contribution >= 4 is 45.5 Å². The van der Waals surface area contributed by atoms with Crippen LogP contribution in [0.4, 0.5) is 5.69 Å². The van der Waals surface area contributed by atoms with Gasteiger partial charge in [0.15, 0.2) is 5.17 Å². The first kappa shape index (κ1) is 20.0. The summed E-state index contributed by atoms with van der Waals surface area (Å²) in [5, 5.41) is 1.72. The van der Waals surface area contributed by atoms with Gasteiger partial charge in [-0.25, -0.2) is 4.99 Å². The van der Waals surface area contributed by atoms with Gasteiger partial charge in [0.05, 0.1) is 30.3 Å². The topological polar surface area (TPSA) is 46.8 Å². The van der Waals surface area contributed by atoms with Crippen LogP contribution in [0.25, 0.3) is 17.0 Å². The largest absolute Gasteiger partial charge is 0.383 e. The monoisotopic (exact) mass is 415 g/mol. The predicted molar refractivity (Wildman–Crippen MR) is 123 cm³/mol. The molecule has 4 rings (SSSR count). The summed E-state index contributed by atoms with van der Waals surface area (Å²) in [6, 6.07) is 17.7. The van der Waals surface area contributed by atoms with E-state index in [1.807, 2.05) is 71.4 Å². The van der Waals surface area contributed by atoms with Gasteiger partial charge in [0.1, 0.15) is 0 Å². The molecule has 3 aromatic rings. The van der Waals surface area contributed by atoms with E-state index in [0.717, 1.165) is 22.2 Å². The van der Waals surface area contributed by atoms with Gasteiger partial charge >= 0.3 is 0 Å². The quantitative estimate of drug-likeness (QED) is 0.439. The van der Waals surface area contributed by atoms with Crippen molar-refractivity contribution < 1.29 is 9.53 Å². The normalized spacial score (nSPS) is 16.7. The second kappa shape index (κ2) is 9.04. The lowest BCUT2D eigenvalue weighted by Crippen LogP contribution is -2.32. The van der Waals surface area contributed by atoms with E-state index in [0.29, 0.717) is 29.8 Å². The number of terminal acetylenes is 1. The van der Waals surface area contributed by atoms with Crippen LogP contribution in [0.1, 0.15) is 5.56 Å². The number of aromatic nitrogens is 1. The molecule has 1 aromatic heterocycles. The van der Waals surface area contributed by atoms with E-state index in [-0.39, 0.29) is 5.91 Å². The summed E-state index contributed by atoms with van der Waals surface area (Å²) in [6.07, 6.45) is 9.45. The van der Waals surface area contributed by atoms with Gasteiger partial charge < -0.3 is 9.30 Å². The molecule has 5 nitrogen and oxygen atoms in total. The number of hydrogen-bond donors (Lipinski definition) is 0. The Labute approximate surface area is 180 Å². The standard InChI is InChI=1S/C24H21N3O2S/c1-3-13-26-17-18(20-11-7-8-12-21(20)26)16-22-23(28)27(14-15-29-2)24(30-22)25-19-9-5-4-6-10-19/h1,4-12,16-17H,13-15H2,2H3. The average molecular weight is 416 g/mol. The van der Waals surface area contributed by atoms with Crippen molar-refractivity contribution in [1.29, 1.82) is 0 Å². The molecule has 6 heteroatoms. The minimum atomic E-state index is -0.0690. The van der Waals surface area contributed by atoms with Crippen molar-refractivity contribution in [3.05, 3.63) is 71.3 Å². The summed E-state index contributed by atoms with van der Waals surface area (Å²) < 4.78 is 7.21. The van der Waals surface area contributed by atoms with Gasteiger partial charge in [-0.2, -0.15) is 0 Å². The van der Waals surface area contributed by atoms with Crippen molar-refractivity contribution in [1.82, 2.24) is 9.47 Å². The van der Waals surface area contributed by atoms with Crippen LogP contribution in [0, 0.1) is 12.3 Å². The number of hydrogen-bond acceptors (Lipinski definition) is 4. The average Bonchev–Trinajstić information content (AvgIpc) is 3.25. The van der Waals surface area contributed by atoms with Crippen molar-refractivity contribution in [2.45, 2.75) is 6.54 Å². The van der Waals surface area contributed by atoms with Gasteiger partial charge in [-0.05, 0) is 36.0 Å². The number of thioether (sulfide) groups is 1. The van der Waals surface area contributed by atoms with Gasteiger partial charge in [0, 0.05) is 29.8 Å². The zero-order valence-corrected chi connectivity index (χ0v) is 17.4. The number of aliphatic imine (C=N–C) groups is 1. The first-order valence-corrected chi connectivity index (χ1v) is 10.4. The molecule has 1 aliphatic heterocycles. The summed E-state index contributed by atoms with van der Waals surface area (Å²) in [7, 11) is 1.62. The highest BCUT2D eigenvalue weighted by molar-refractivity contribution is 8.18. The van der Waals surface area contributed by atoms with Gasteiger partial charge in [-0.15, -0.1) is 6.42 Å². The van der Waals surface area contributed by atoms with E-state index in [9.17, 15) is 4.79 Å². The molecule has 0 bridgehead atoms. The molecule has 30 heavy (non-hydrogen) atoms. The molecule has 1 amide bonds. The van der Waals surface area contributed by atoms with E-state index >= 15 is 0 Å². The fraction of sp³-hybridized carbons (Fsp3) is 0.167. The van der Waals surface area contributed by atoms with Gasteiger partial charge in [-0.3, -0.25) is 9.69 Å². The first-order chi connectivity index (χ1) is 14.7. The van der Waals surface area contributed by atoms with Crippen molar-refractivity contribution in [2.24, 2.45) is 4.99 Å². The van der Waals surface area contributed by atoms with Gasteiger partial charge in [0.2, 0.25) is 0 Å². The molecule has 1 fully saturated rings. The Bertz CT molecular complexity index is 1170. The number of benzene rings is 2. The predicted octanol–water partition coefficient (Wildman–Crippen LogP) is 4.52. The molecule has 0 aliphatic carbocycles. The summed E-state index contributed by atoms with van der Waals surface area (Å²) in [5.41, 5.74) is 2.82. The lowest BCUT2D eigenvalue weighted by atomic mass is 10.1. The molecule has 2 heterocycles. The zero-order valence-electron chi connectivity index (χ0n) is 16.6. The number of carbonyl (C=O) groups excluding carboxylic acids is 1. The lowest BCUT2D eigenvalue weighted by molar-refractivity contribution is -0.122. The van der Waals surface area contributed by atoms with E-state index in [1.54, 1.807) is 12.0 Å². The third kappa shape index (κ3) is 4.04. The number of fused-ring (bicyclic) bond motifs is 1. The second-order valence-electron chi connectivity index (χ2n) is 6.72. The third-order valence-electron chi connectivity index (χ3n) is 4.76. The number of rotatable bonds is 6. The fourth-order valence-electron chi connectivity index (χ4n) is 3.34. The molecule has 150 valence electrons. The van der Waals surface area contributed by atoms with Crippen molar-refractivity contribution in [2.75, 3.05) is 20.3 Å². The molecule has 0 atom stereocenters. The van der Waals surface area contributed by atoms with Crippen LogP contribution in [0.5, 0.6) is 0 Å². The fourth-order valence-corrected chi connectivity index (χ4v) is 4.36. The molecule has 0 N–H and O–H groups in total. The zero-order chi connectivity index (χ0) is 20.9. The molecule has 0 radical (unpaired) electrons. The highest BCUT2D eigenvalue weighted by atomic mass is 32.2. The third-order valence-corrected chi connectivity index (χ3v) is 5.76. The summed E-state index contributed by atoms with van der Waals surface area (Å²) in [5.74, 6) is 2.62. The minimum Gasteiger partial charge on any atom is -0.383 e. The number of nitrogens with zero attached hydrogens (tertiary/aromatic N) is 3. The van der Waals surface area contributed by atoms with Crippen LogP contribution >= 0.6 is 11.8 Å². The number of amides is 1. The van der Waals surface area contributed by atoms with Gasteiger partial charge in [-0.1, -0.05) is 42.3 Å². The Morgan fingerprint density at radius 2 is 1.93 bits per heavy atom. The van der Waals surface area contributed by atoms with E-state index in [4.69, 9.17) is 11.2 Å². The summed E-state index contributed by atoms with van der Waals surface area (Å²) >= 11 is 1.38.